The van der Waals surface area contributed by atoms with Crippen molar-refractivity contribution in [2.24, 2.45) is 7.05 Å². The van der Waals surface area contributed by atoms with E-state index >= 15 is 0 Å². The van der Waals surface area contributed by atoms with Gasteiger partial charge in [-0.25, -0.2) is 13.2 Å². The fraction of sp³-hybridized carbons (Fsp3) is 0.423. The molecule has 0 bridgehead atoms. The average molecular weight is 583 g/mol. The fourth-order valence-corrected chi connectivity index (χ4v) is 5.48. The number of likely N-dealkylation sites (tertiary alicyclic amines) is 1. The number of aryl methyl sites for hydroxylation is 1. The van der Waals surface area contributed by atoms with Crippen LogP contribution >= 0.6 is 0 Å². The van der Waals surface area contributed by atoms with Gasteiger partial charge >= 0.3 is 12.3 Å². The van der Waals surface area contributed by atoms with E-state index in [0.717, 1.165) is 13.3 Å². The summed E-state index contributed by atoms with van der Waals surface area (Å²) in [5.41, 5.74) is -0.916. The molecular formula is C26H29F3N4O6S. The largest absolute Gasteiger partial charge is 0.490 e. The molecule has 0 spiro atoms. The van der Waals surface area contributed by atoms with E-state index in [0.29, 0.717) is 41.4 Å². The highest BCUT2D eigenvalue weighted by Crippen LogP contribution is 2.32. The monoisotopic (exact) mass is 582 g/mol. The van der Waals surface area contributed by atoms with E-state index < -0.39 is 33.7 Å². The number of sulfone groups is 1. The number of nitrogens with zero attached hydrogens (tertiary/aromatic N) is 4. The van der Waals surface area contributed by atoms with Crippen molar-refractivity contribution in [3.63, 3.8) is 0 Å². The van der Waals surface area contributed by atoms with Crippen molar-refractivity contribution < 1.29 is 35.9 Å². The molecule has 0 aliphatic carbocycles. The summed E-state index contributed by atoms with van der Waals surface area (Å²) in [6.07, 6.45) is -1.77. The first-order valence-corrected chi connectivity index (χ1v) is 14.4. The Bertz CT molecular complexity index is 1550. The maximum absolute atomic E-state index is 13.1. The third-order valence-electron chi connectivity index (χ3n) is 6.77. The number of piperidine rings is 1. The molecule has 0 N–H and O–H groups in total. The van der Waals surface area contributed by atoms with Gasteiger partial charge in [0.05, 0.1) is 4.90 Å². The maximum Gasteiger partial charge on any atom is 0.433 e. The molecule has 1 aliphatic rings. The van der Waals surface area contributed by atoms with Crippen molar-refractivity contribution in [1.29, 1.82) is 0 Å². The highest BCUT2D eigenvalue weighted by Gasteiger charge is 2.39. The number of carbonyl (C=O) groups is 1. The second kappa shape index (κ2) is 11.0. The van der Waals surface area contributed by atoms with Gasteiger partial charge in [-0.1, -0.05) is 6.92 Å². The van der Waals surface area contributed by atoms with Crippen LogP contribution in [-0.4, -0.2) is 58.2 Å². The van der Waals surface area contributed by atoms with E-state index in [9.17, 15) is 31.2 Å². The zero-order chi connectivity index (χ0) is 29.4. The van der Waals surface area contributed by atoms with Gasteiger partial charge in [0, 0.05) is 62.2 Å². The lowest BCUT2D eigenvalue weighted by Gasteiger charge is -2.42. The second-order valence-electron chi connectivity index (χ2n) is 9.72. The number of hydrogen-bond acceptors (Lipinski definition) is 7. The summed E-state index contributed by atoms with van der Waals surface area (Å²) in [4.78, 5) is 27.3. The lowest BCUT2D eigenvalue weighted by atomic mass is 9.92. The number of aromatic nitrogens is 3. The summed E-state index contributed by atoms with van der Waals surface area (Å²) in [6.45, 7) is 3.66. The average Bonchev–Trinajstić information content (AvgIpc) is 3.23. The molecule has 0 unspecified atom stereocenters. The highest BCUT2D eigenvalue weighted by atomic mass is 32.2. The van der Waals surface area contributed by atoms with E-state index in [1.807, 2.05) is 6.92 Å². The summed E-state index contributed by atoms with van der Waals surface area (Å²) in [5.74, 6) is -0.1000. The Morgan fingerprint density at radius 1 is 1.12 bits per heavy atom. The van der Waals surface area contributed by atoms with Crippen molar-refractivity contribution in [3.8, 4) is 17.3 Å². The molecular weight excluding hydrogens is 553 g/mol. The van der Waals surface area contributed by atoms with Crippen LogP contribution in [0, 0.1) is 0 Å². The SMILES string of the molecule is CC[C@@H]1C[C@H](Oc2ccn(-c3ccc(S(C)(=O)=O)cc3)c(=O)c2)C[C@@H](C)N1C(=O)Oc1cc(C(F)(F)F)n(C)n1. The smallest absolute Gasteiger partial charge is 0.433 e. The molecule has 2 aromatic heterocycles. The lowest BCUT2D eigenvalue weighted by molar-refractivity contribution is -0.143. The number of hydrogen-bond donors (Lipinski definition) is 0. The van der Waals surface area contributed by atoms with E-state index in [2.05, 4.69) is 5.10 Å². The fourth-order valence-electron chi connectivity index (χ4n) is 4.85. The van der Waals surface area contributed by atoms with Gasteiger partial charge in [-0.05, 0) is 43.7 Å². The van der Waals surface area contributed by atoms with Crippen molar-refractivity contribution in [2.45, 2.75) is 62.4 Å². The topological polar surface area (TPSA) is 113 Å². The first kappa shape index (κ1) is 29.2. The third-order valence-corrected chi connectivity index (χ3v) is 7.89. The van der Waals surface area contributed by atoms with Gasteiger partial charge in [0.1, 0.15) is 17.5 Å². The van der Waals surface area contributed by atoms with Gasteiger partial charge in [0.2, 0.25) is 5.88 Å². The van der Waals surface area contributed by atoms with Gasteiger partial charge in [-0.3, -0.25) is 14.0 Å². The standard InChI is InChI=1S/C26H29F3N4O6S/c1-5-17-13-20(12-16(2)33(17)25(35)39-23-15-22(26(27,28)29)31(3)30-23)38-19-10-11-32(24(34)14-19)18-6-8-21(9-7-18)40(4,36)37/h6-11,14-17,20H,5,12-13H2,1-4H3/t16-,17-,20-/m1/s1. The Morgan fingerprint density at radius 3 is 2.35 bits per heavy atom. The van der Waals surface area contributed by atoms with Crippen LogP contribution in [0.15, 0.2) is 58.4 Å². The summed E-state index contributed by atoms with van der Waals surface area (Å²) >= 11 is 0. The molecule has 1 saturated heterocycles. The number of ether oxygens (including phenoxy) is 2. The summed E-state index contributed by atoms with van der Waals surface area (Å²) in [7, 11) is -2.24. The van der Waals surface area contributed by atoms with Gasteiger partial charge in [0.25, 0.3) is 5.56 Å². The first-order chi connectivity index (χ1) is 18.7. The number of benzene rings is 1. The van der Waals surface area contributed by atoms with Gasteiger partial charge in [-0.2, -0.15) is 13.2 Å². The minimum absolute atomic E-state index is 0.144. The number of rotatable bonds is 6. The van der Waals surface area contributed by atoms with Crippen LogP contribution in [0.2, 0.25) is 0 Å². The van der Waals surface area contributed by atoms with Crippen LogP contribution in [-0.2, 0) is 23.1 Å². The molecule has 10 nitrogen and oxygen atoms in total. The molecule has 4 rings (SSSR count). The molecule has 1 aromatic carbocycles. The van der Waals surface area contributed by atoms with E-state index in [1.54, 1.807) is 13.0 Å². The maximum atomic E-state index is 13.1. The van der Waals surface area contributed by atoms with Crippen molar-refractivity contribution >= 4 is 15.9 Å². The molecule has 40 heavy (non-hydrogen) atoms. The van der Waals surface area contributed by atoms with Crippen molar-refractivity contribution in [3.05, 3.63) is 64.7 Å². The molecule has 1 aliphatic heterocycles. The Kier molecular flexibility index (Phi) is 8.01. The third kappa shape index (κ3) is 6.32. The molecule has 0 radical (unpaired) electrons. The molecule has 0 saturated carbocycles. The number of alkyl halides is 3. The normalized spacial score (nSPS) is 19.9. The summed E-state index contributed by atoms with van der Waals surface area (Å²) in [6, 6.07) is 8.88. The Morgan fingerprint density at radius 2 is 1.80 bits per heavy atom. The molecule has 3 aromatic rings. The zero-order valence-corrected chi connectivity index (χ0v) is 23.1. The lowest BCUT2D eigenvalue weighted by Crippen LogP contribution is -2.54. The van der Waals surface area contributed by atoms with Crippen LogP contribution < -0.4 is 15.0 Å². The molecule has 216 valence electrons. The van der Waals surface area contributed by atoms with Crippen molar-refractivity contribution in [2.75, 3.05) is 6.26 Å². The van der Waals surface area contributed by atoms with E-state index in [1.165, 1.54) is 46.0 Å². The number of pyridine rings is 1. The Labute approximate surface area is 228 Å². The molecule has 3 atom stereocenters. The van der Waals surface area contributed by atoms with Crippen LogP contribution in [0.4, 0.5) is 18.0 Å². The Hall–Kier alpha value is -3.81. The van der Waals surface area contributed by atoms with Crippen LogP contribution in [0.3, 0.4) is 0 Å². The van der Waals surface area contributed by atoms with Crippen LogP contribution in [0.5, 0.6) is 11.6 Å². The summed E-state index contributed by atoms with van der Waals surface area (Å²) < 4.78 is 75.8. The molecule has 14 heteroatoms. The van der Waals surface area contributed by atoms with Gasteiger partial charge in [0.15, 0.2) is 9.84 Å². The van der Waals surface area contributed by atoms with E-state index in [-0.39, 0.29) is 28.6 Å². The molecule has 1 fully saturated rings. The molecule has 1 amide bonds. The van der Waals surface area contributed by atoms with Gasteiger partial charge in [-0.15, -0.1) is 5.10 Å². The minimum Gasteiger partial charge on any atom is -0.490 e. The quantitative estimate of drug-likeness (QED) is 0.428. The Balaban J connectivity index is 1.43. The first-order valence-electron chi connectivity index (χ1n) is 12.5. The highest BCUT2D eigenvalue weighted by molar-refractivity contribution is 7.90. The summed E-state index contributed by atoms with van der Waals surface area (Å²) in [5, 5.41) is 3.65. The minimum atomic E-state index is -4.63. The van der Waals surface area contributed by atoms with Crippen LogP contribution in [0.25, 0.3) is 5.69 Å². The number of amides is 1. The van der Waals surface area contributed by atoms with Crippen molar-refractivity contribution in [1.82, 2.24) is 19.2 Å². The second-order valence-corrected chi connectivity index (χ2v) is 11.7. The zero-order valence-electron chi connectivity index (χ0n) is 22.3. The van der Waals surface area contributed by atoms with E-state index in [4.69, 9.17) is 9.47 Å². The van der Waals surface area contributed by atoms with Crippen LogP contribution in [0.1, 0.15) is 38.8 Å². The predicted octanol–water partition coefficient (Wildman–Crippen LogP) is 4.20. The van der Waals surface area contributed by atoms with Gasteiger partial charge < -0.3 is 14.4 Å². The number of carbonyl (C=O) groups excluding carboxylic acids is 1. The number of halogens is 3. The molecule has 3 heterocycles. The predicted molar refractivity (Wildman–Crippen MR) is 138 cm³/mol.